The molecule has 1 unspecified atom stereocenters. The van der Waals surface area contributed by atoms with Crippen molar-refractivity contribution in [3.63, 3.8) is 0 Å². The van der Waals surface area contributed by atoms with Gasteiger partial charge in [0.25, 0.3) is 0 Å². The number of rotatable bonds is 2. The fourth-order valence-corrected chi connectivity index (χ4v) is 1.24. The van der Waals surface area contributed by atoms with E-state index in [0.717, 1.165) is 0 Å². The summed E-state index contributed by atoms with van der Waals surface area (Å²) in [4.78, 5) is 14.6. The van der Waals surface area contributed by atoms with Crippen LogP contribution in [0.3, 0.4) is 0 Å². The van der Waals surface area contributed by atoms with Crippen molar-refractivity contribution in [3.8, 4) is 0 Å². The molecule has 0 aliphatic carbocycles. The Morgan fingerprint density at radius 2 is 2.43 bits per heavy atom. The van der Waals surface area contributed by atoms with Gasteiger partial charge in [0.05, 0.1) is 0 Å². The Morgan fingerprint density at radius 1 is 1.64 bits per heavy atom. The maximum Gasteiger partial charge on any atom is 0.325 e. The summed E-state index contributed by atoms with van der Waals surface area (Å²) in [7, 11) is 0. The SMILES string of the molecule is NC(C(=O)O)c1cccn2ncnc12. The molecular formula is C8H8N4O2. The van der Waals surface area contributed by atoms with Crippen LogP contribution in [0.15, 0.2) is 24.7 Å². The molecule has 0 aromatic carbocycles. The van der Waals surface area contributed by atoms with Crippen LogP contribution in [0.4, 0.5) is 0 Å². The van der Waals surface area contributed by atoms with E-state index in [1.54, 1.807) is 18.3 Å². The van der Waals surface area contributed by atoms with Crippen molar-refractivity contribution in [1.82, 2.24) is 14.6 Å². The van der Waals surface area contributed by atoms with Crippen LogP contribution in [0.2, 0.25) is 0 Å². The van der Waals surface area contributed by atoms with Gasteiger partial charge in [-0.1, -0.05) is 6.07 Å². The molecule has 0 radical (unpaired) electrons. The van der Waals surface area contributed by atoms with Crippen molar-refractivity contribution in [1.29, 1.82) is 0 Å². The van der Waals surface area contributed by atoms with E-state index in [1.807, 2.05) is 0 Å². The zero-order valence-corrected chi connectivity index (χ0v) is 7.16. The average Bonchev–Trinajstić information content (AvgIpc) is 2.63. The minimum Gasteiger partial charge on any atom is -0.480 e. The second-order valence-corrected chi connectivity index (χ2v) is 2.81. The summed E-state index contributed by atoms with van der Waals surface area (Å²) in [5.74, 6) is -1.08. The van der Waals surface area contributed by atoms with E-state index in [4.69, 9.17) is 10.8 Å². The molecule has 2 aromatic heterocycles. The molecule has 14 heavy (non-hydrogen) atoms. The van der Waals surface area contributed by atoms with Crippen LogP contribution < -0.4 is 5.73 Å². The molecule has 0 aliphatic rings. The normalized spacial score (nSPS) is 12.9. The van der Waals surface area contributed by atoms with E-state index >= 15 is 0 Å². The van der Waals surface area contributed by atoms with Crippen LogP contribution in [-0.4, -0.2) is 25.7 Å². The molecule has 6 nitrogen and oxygen atoms in total. The lowest BCUT2D eigenvalue weighted by Crippen LogP contribution is -2.21. The molecule has 0 saturated carbocycles. The van der Waals surface area contributed by atoms with Gasteiger partial charge in [-0.05, 0) is 6.07 Å². The summed E-state index contributed by atoms with van der Waals surface area (Å²) < 4.78 is 1.48. The highest BCUT2D eigenvalue weighted by atomic mass is 16.4. The van der Waals surface area contributed by atoms with Crippen LogP contribution in [0.1, 0.15) is 11.6 Å². The predicted molar refractivity (Wildman–Crippen MR) is 47.6 cm³/mol. The van der Waals surface area contributed by atoms with Crippen molar-refractivity contribution in [2.75, 3.05) is 0 Å². The zero-order chi connectivity index (χ0) is 10.1. The quantitative estimate of drug-likeness (QED) is 0.688. The van der Waals surface area contributed by atoms with Gasteiger partial charge >= 0.3 is 5.97 Å². The highest BCUT2D eigenvalue weighted by Gasteiger charge is 2.17. The minimum absolute atomic E-state index is 0.456. The van der Waals surface area contributed by atoms with Crippen LogP contribution in [0.5, 0.6) is 0 Å². The summed E-state index contributed by atoms with van der Waals surface area (Å²) in [5, 5.41) is 12.6. The molecule has 2 heterocycles. The van der Waals surface area contributed by atoms with Crippen molar-refractivity contribution in [2.45, 2.75) is 6.04 Å². The fourth-order valence-electron chi connectivity index (χ4n) is 1.24. The maximum absolute atomic E-state index is 10.7. The summed E-state index contributed by atoms with van der Waals surface area (Å²) in [6, 6.07) is 2.24. The number of nitrogens with two attached hydrogens (primary N) is 1. The Bertz CT molecular complexity index is 479. The van der Waals surface area contributed by atoms with E-state index in [1.165, 1.54) is 10.8 Å². The maximum atomic E-state index is 10.7. The first-order valence-electron chi connectivity index (χ1n) is 3.97. The smallest absolute Gasteiger partial charge is 0.325 e. The Hall–Kier alpha value is -1.95. The van der Waals surface area contributed by atoms with E-state index in [9.17, 15) is 4.79 Å². The second-order valence-electron chi connectivity index (χ2n) is 2.81. The first-order chi connectivity index (χ1) is 6.70. The molecule has 72 valence electrons. The Morgan fingerprint density at radius 3 is 3.14 bits per heavy atom. The third-order valence-corrected chi connectivity index (χ3v) is 1.94. The van der Waals surface area contributed by atoms with Gasteiger partial charge in [-0.3, -0.25) is 4.79 Å². The highest BCUT2D eigenvalue weighted by molar-refractivity contribution is 5.77. The predicted octanol–water partition coefficient (Wildman–Crippen LogP) is -0.186. The van der Waals surface area contributed by atoms with Gasteiger partial charge in [0.15, 0.2) is 5.65 Å². The number of aromatic nitrogens is 3. The third-order valence-electron chi connectivity index (χ3n) is 1.94. The first-order valence-corrected chi connectivity index (χ1v) is 3.97. The first kappa shape index (κ1) is 8.64. The van der Waals surface area contributed by atoms with E-state index in [-0.39, 0.29) is 0 Å². The van der Waals surface area contributed by atoms with Gasteiger partial charge < -0.3 is 10.8 Å². The molecule has 6 heteroatoms. The van der Waals surface area contributed by atoms with Crippen LogP contribution in [0.25, 0.3) is 5.65 Å². The minimum atomic E-state index is -1.08. The number of carboxylic acids is 1. The Balaban J connectivity index is 2.61. The monoisotopic (exact) mass is 192 g/mol. The van der Waals surface area contributed by atoms with Crippen LogP contribution in [-0.2, 0) is 4.79 Å². The molecule has 2 aromatic rings. The van der Waals surface area contributed by atoms with E-state index < -0.39 is 12.0 Å². The van der Waals surface area contributed by atoms with Crippen molar-refractivity contribution in [3.05, 3.63) is 30.2 Å². The molecule has 3 N–H and O–H groups in total. The van der Waals surface area contributed by atoms with Gasteiger partial charge in [0.1, 0.15) is 12.4 Å². The lowest BCUT2D eigenvalue weighted by molar-refractivity contribution is -0.138. The number of pyridine rings is 1. The van der Waals surface area contributed by atoms with Gasteiger partial charge in [-0.15, -0.1) is 0 Å². The number of hydrogen-bond acceptors (Lipinski definition) is 4. The summed E-state index contributed by atoms with van der Waals surface area (Å²) in [5.41, 5.74) is 6.41. The van der Waals surface area contributed by atoms with Gasteiger partial charge in [-0.25, -0.2) is 9.50 Å². The van der Waals surface area contributed by atoms with E-state index in [2.05, 4.69) is 10.1 Å². The van der Waals surface area contributed by atoms with Gasteiger partial charge in [-0.2, -0.15) is 5.10 Å². The third kappa shape index (κ3) is 1.21. The molecule has 0 spiro atoms. The largest absolute Gasteiger partial charge is 0.480 e. The number of hydrogen-bond donors (Lipinski definition) is 2. The summed E-state index contributed by atoms with van der Waals surface area (Å²) >= 11 is 0. The molecule has 0 amide bonds. The van der Waals surface area contributed by atoms with Gasteiger partial charge in [0, 0.05) is 11.8 Å². The molecule has 0 aliphatic heterocycles. The van der Waals surface area contributed by atoms with Crippen molar-refractivity contribution >= 4 is 11.6 Å². The molecular weight excluding hydrogens is 184 g/mol. The standard InChI is InChI=1S/C8H8N4O2/c9-6(8(13)14)5-2-1-3-12-7(5)10-4-11-12/h1-4,6H,9H2,(H,13,14). The second kappa shape index (κ2) is 3.08. The molecule has 0 bridgehead atoms. The number of fused-ring (bicyclic) bond motifs is 1. The number of nitrogens with zero attached hydrogens (tertiary/aromatic N) is 3. The fraction of sp³-hybridized carbons (Fsp3) is 0.125. The Labute approximate surface area is 79.0 Å². The number of carboxylic acid groups (broad SMARTS) is 1. The number of aliphatic carboxylic acids is 1. The average molecular weight is 192 g/mol. The molecule has 1 atom stereocenters. The topological polar surface area (TPSA) is 93.5 Å². The van der Waals surface area contributed by atoms with Crippen LogP contribution in [0, 0.1) is 0 Å². The molecule has 2 rings (SSSR count). The van der Waals surface area contributed by atoms with Crippen LogP contribution >= 0.6 is 0 Å². The molecule has 0 fully saturated rings. The zero-order valence-electron chi connectivity index (χ0n) is 7.16. The van der Waals surface area contributed by atoms with E-state index in [0.29, 0.717) is 11.2 Å². The lowest BCUT2D eigenvalue weighted by atomic mass is 10.1. The Kier molecular flexibility index (Phi) is 1.90. The molecule has 0 saturated heterocycles. The summed E-state index contributed by atoms with van der Waals surface area (Å²) in [6.07, 6.45) is 3.04. The van der Waals surface area contributed by atoms with Crippen molar-refractivity contribution < 1.29 is 9.90 Å². The van der Waals surface area contributed by atoms with Crippen molar-refractivity contribution in [2.24, 2.45) is 5.73 Å². The van der Waals surface area contributed by atoms with Gasteiger partial charge in [0.2, 0.25) is 0 Å². The lowest BCUT2D eigenvalue weighted by Gasteiger charge is -2.06. The highest BCUT2D eigenvalue weighted by Crippen LogP contribution is 2.14. The summed E-state index contributed by atoms with van der Waals surface area (Å²) in [6.45, 7) is 0. The number of carbonyl (C=O) groups is 1.